The average molecular weight is 142 g/mol. The average Bonchev–Trinajstić information content (AvgIpc) is 1.60. The third-order valence-corrected chi connectivity index (χ3v) is 1.01. The molecular weight excluding hydrogens is 132 g/mol. The Labute approximate surface area is 59.1 Å². The lowest BCUT2D eigenvalue weighted by Gasteiger charge is -2.07. The van der Waals surface area contributed by atoms with E-state index in [9.17, 15) is 4.79 Å². The van der Waals surface area contributed by atoms with Crippen molar-refractivity contribution in [2.24, 2.45) is 0 Å². The first-order chi connectivity index (χ1) is 4.39. The fourth-order valence-corrected chi connectivity index (χ4v) is 0.624. The zero-order chi connectivity index (χ0) is 8.36. The van der Waals surface area contributed by atoms with Crippen LogP contribution in [0.15, 0.2) is 0 Å². The van der Waals surface area contributed by atoms with Crippen molar-refractivity contribution in [1.29, 1.82) is 0 Å². The highest BCUT2D eigenvalue weighted by atomic mass is 16.3. The molecule has 4 heteroatoms. The van der Waals surface area contributed by atoms with Gasteiger partial charge in [-0.3, -0.25) is 4.79 Å². The molecule has 0 aromatic carbocycles. The van der Waals surface area contributed by atoms with Crippen molar-refractivity contribution >= 4 is 11.5 Å². The van der Waals surface area contributed by atoms with Crippen molar-refractivity contribution in [3.8, 4) is 0 Å². The number of aliphatic hydroxyl groups is 1. The molecule has 0 aromatic rings. The number of hydrogen-bond acceptors (Lipinski definition) is 2. The van der Waals surface area contributed by atoms with Gasteiger partial charge in [0.25, 0.3) is 0 Å². The number of rotatable bonds is 2. The van der Waals surface area contributed by atoms with Gasteiger partial charge in [0.2, 0.25) is 5.78 Å². The van der Waals surface area contributed by atoms with Gasteiger partial charge in [-0.15, -0.1) is 0 Å². The van der Waals surface area contributed by atoms with Gasteiger partial charge in [-0.05, 0) is 13.8 Å². The van der Waals surface area contributed by atoms with Gasteiger partial charge in [-0.2, -0.15) is 4.79 Å². The molecule has 0 heterocycles. The van der Waals surface area contributed by atoms with Crippen LogP contribution in [0.3, 0.4) is 0 Å². The molecule has 0 bridgehead atoms. The van der Waals surface area contributed by atoms with Crippen LogP contribution in [0.5, 0.6) is 0 Å². The van der Waals surface area contributed by atoms with E-state index >= 15 is 0 Å². The second-order valence-corrected chi connectivity index (χ2v) is 2.56. The normalized spacial score (nSPS) is 10.4. The minimum absolute atomic E-state index is 0.229. The van der Waals surface area contributed by atoms with Crippen molar-refractivity contribution in [1.82, 2.24) is 0 Å². The fourth-order valence-electron chi connectivity index (χ4n) is 0.624. The predicted octanol–water partition coefficient (Wildman–Crippen LogP) is 0.0171. The van der Waals surface area contributed by atoms with Crippen LogP contribution in [0.2, 0.25) is 0 Å². The smallest absolute Gasteiger partial charge is 0.364 e. The molecular formula is C6H10N2O2. The van der Waals surface area contributed by atoms with Gasteiger partial charge in [0.15, 0.2) is 5.60 Å². The molecule has 0 saturated heterocycles. The number of nitrogens with zero attached hydrogens (tertiary/aromatic N) is 2. The topological polar surface area (TPSA) is 73.7 Å². The van der Waals surface area contributed by atoms with Gasteiger partial charge in [0.1, 0.15) is 0 Å². The van der Waals surface area contributed by atoms with Crippen LogP contribution < -0.4 is 0 Å². The highest BCUT2D eigenvalue weighted by Crippen LogP contribution is 2.02. The summed E-state index contributed by atoms with van der Waals surface area (Å²) < 4.78 is 0. The quantitative estimate of drug-likeness (QED) is 0.335. The lowest BCUT2D eigenvalue weighted by molar-refractivity contribution is -0.118. The van der Waals surface area contributed by atoms with Crippen LogP contribution in [0.4, 0.5) is 0 Å². The molecule has 0 saturated carbocycles. The first-order valence-electron chi connectivity index (χ1n) is 2.85. The second kappa shape index (κ2) is 2.73. The summed E-state index contributed by atoms with van der Waals surface area (Å²) in [4.78, 5) is 13.2. The largest absolute Gasteiger partial charge is 0.378 e. The number of carbonyl (C=O) groups is 1. The first kappa shape index (κ1) is 9.01. The van der Waals surface area contributed by atoms with E-state index in [-0.39, 0.29) is 5.71 Å². The van der Waals surface area contributed by atoms with Gasteiger partial charge in [0, 0.05) is 6.92 Å². The summed E-state index contributed by atoms with van der Waals surface area (Å²) in [5.41, 5.74) is 6.65. The summed E-state index contributed by atoms with van der Waals surface area (Å²) in [5.74, 6) is -0.435. The molecule has 56 valence electrons. The van der Waals surface area contributed by atoms with E-state index in [1.807, 2.05) is 0 Å². The predicted molar refractivity (Wildman–Crippen MR) is 35.6 cm³/mol. The van der Waals surface area contributed by atoms with Gasteiger partial charge in [0.05, 0.1) is 0 Å². The summed E-state index contributed by atoms with van der Waals surface area (Å²) in [6, 6.07) is 0. The summed E-state index contributed by atoms with van der Waals surface area (Å²) in [6.45, 7) is 3.99. The number of Topliss-reactive ketones (excluding diaryl/α,β-unsaturated/α-hetero) is 1. The Morgan fingerprint density at radius 2 is 2.00 bits per heavy atom. The minimum Gasteiger partial charge on any atom is -0.378 e. The molecule has 0 aromatic heterocycles. The molecule has 0 amide bonds. The lowest BCUT2D eigenvalue weighted by Crippen LogP contribution is -2.36. The molecule has 0 atom stereocenters. The number of ketones is 1. The highest BCUT2D eigenvalue weighted by molar-refractivity contribution is 6.39. The molecule has 0 rings (SSSR count). The van der Waals surface area contributed by atoms with Crippen LogP contribution in [0.1, 0.15) is 20.8 Å². The SMILES string of the molecule is CC(=O)C(=[N+]=[N-])C(C)(C)O. The minimum atomic E-state index is -1.36. The Hall–Kier alpha value is -0.990. The Kier molecular flexibility index (Phi) is 2.46. The summed E-state index contributed by atoms with van der Waals surface area (Å²) in [6.07, 6.45) is 0. The van der Waals surface area contributed by atoms with Crippen LogP contribution in [0.25, 0.3) is 5.53 Å². The van der Waals surface area contributed by atoms with Gasteiger partial charge < -0.3 is 10.6 Å². The van der Waals surface area contributed by atoms with E-state index < -0.39 is 11.4 Å². The summed E-state index contributed by atoms with van der Waals surface area (Å²) >= 11 is 0. The molecule has 0 aliphatic rings. The second-order valence-electron chi connectivity index (χ2n) is 2.56. The van der Waals surface area contributed by atoms with Crippen LogP contribution in [0, 0.1) is 0 Å². The molecule has 0 aliphatic carbocycles. The van der Waals surface area contributed by atoms with Crippen molar-refractivity contribution in [3.05, 3.63) is 5.53 Å². The van der Waals surface area contributed by atoms with E-state index in [0.29, 0.717) is 0 Å². The Bertz CT molecular complexity index is 196. The molecule has 0 aliphatic heterocycles. The van der Waals surface area contributed by atoms with Gasteiger partial charge in [-0.25, -0.2) is 0 Å². The molecule has 0 unspecified atom stereocenters. The van der Waals surface area contributed by atoms with Crippen molar-refractivity contribution in [2.75, 3.05) is 0 Å². The Morgan fingerprint density at radius 1 is 1.60 bits per heavy atom. The van der Waals surface area contributed by atoms with Crippen molar-refractivity contribution in [2.45, 2.75) is 26.4 Å². The van der Waals surface area contributed by atoms with E-state index in [1.54, 1.807) is 0 Å². The molecule has 1 N–H and O–H groups in total. The van der Waals surface area contributed by atoms with Gasteiger partial charge >= 0.3 is 5.71 Å². The zero-order valence-corrected chi connectivity index (χ0v) is 6.25. The maximum atomic E-state index is 10.6. The first-order valence-corrected chi connectivity index (χ1v) is 2.85. The third-order valence-electron chi connectivity index (χ3n) is 1.01. The van der Waals surface area contributed by atoms with E-state index in [1.165, 1.54) is 20.8 Å². The standard InChI is InChI=1S/C6H10N2O2/c1-4(9)5(8-7)6(2,3)10/h10H,1-3H3. The molecule has 10 heavy (non-hydrogen) atoms. The fraction of sp³-hybridized carbons (Fsp3) is 0.667. The maximum absolute atomic E-state index is 10.6. The number of carbonyl (C=O) groups excluding carboxylic acids is 1. The van der Waals surface area contributed by atoms with Crippen LogP contribution >= 0.6 is 0 Å². The van der Waals surface area contributed by atoms with Crippen molar-refractivity contribution < 1.29 is 14.7 Å². The molecule has 0 fully saturated rings. The van der Waals surface area contributed by atoms with E-state index in [0.717, 1.165) is 0 Å². The molecule has 4 nitrogen and oxygen atoms in total. The number of hydrogen-bond donors (Lipinski definition) is 1. The van der Waals surface area contributed by atoms with E-state index in [4.69, 9.17) is 10.6 Å². The lowest BCUT2D eigenvalue weighted by atomic mass is 10.0. The molecule has 0 radical (unpaired) electrons. The molecule has 0 spiro atoms. The Morgan fingerprint density at radius 3 is 2.00 bits per heavy atom. The summed E-state index contributed by atoms with van der Waals surface area (Å²) in [5, 5.41) is 9.14. The van der Waals surface area contributed by atoms with Crippen molar-refractivity contribution in [3.63, 3.8) is 0 Å². The van der Waals surface area contributed by atoms with Crippen LogP contribution in [-0.4, -0.2) is 27.0 Å². The highest BCUT2D eigenvalue weighted by Gasteiger charge is 2.33. The van der Waals surface area contributed by atoms with E-state index in [2.05, 4.69) is 4.79 Å². The third kappa shape index (κ3) is 2.09. The summed E-state index contributed by atoms with van der Waals surface area (Å²) in [7, 11) is 0. The van der Waals surface area contributed by atoms with Gasteiger partial charge in [-0.1, -0.05) is 0 Å². The Balaban J connectivity index is 4.74. The monoisotopic (exact) mass is 142 g/mol. The maximum Gasteiger partial charge on any atom is 0.364 e. The zero-order valence-electron chi connectivity index (χ0n) is 6.25. The van der Waals surface area contributed by atoms with Crippen LogP contribution in [-0.2, 0) is 4.79 Å².